The Bertz CT molecular complexity index is 1400. The summed E-state index contributed by atoms with van der Waals surface area (Å²) in [5.74, 6) is -0.0867. The van der Waals surface area contributed by atoms with Crippen LogP contribution < -0.4 is 11.2 Å². The van der Waals surface area contributed by atoms with Crippen molar-refractivity contribution >= 4 is 28.5 Å². The molecule has 0 saturated heterocycles. The molecule has 0 fully saturated rings. The molecule has 0 N–H and O–H groups in total. The lowest BCUT2D eigenvalue weighted by Gasteiger charge is -2.11. The zero-order valence-electron chi connectivity index (χ0n) is 17.9. The summed E-state index contributed by atoms with van der Waals surface area (Å²) in [4.78, 5) is 42.4. The first-order valence-corrected chi connectivity index (χ1v) is 10.8. The maximum Gasteiger partial charge on any atom is 0.332 e. The Morgan fingerprint density at radius 2 is 1.62 bits per heavy atom. The van der Waals surface area contributed by atoms with E-state index in [0.717, 1.165) is 18.4 Å². The van der Waals surface area contributed by atoms with Crippen molar-refractivity contribution in [2.75, 3.05) is 0 Å². The Labute approximate surface area is 189 Å². The van der Waals surface area contributed by atoms with Gasteiger partial charge in [-0.3, -0.25) is 18.7 Å². The van der Waals surface area contributed by atoms with Crippen molar-refractivity contribution in [3.8, 4) is 0 Å². The van der Waals surface area contributed by atoms with Gasteiger partial charge in [-0.05, 0) is 36.2 Å². The standard InChI is InChI=1S/C24H23ClN4O3/c1-3-4-13-29-23(31)20-22(27(2)24(29)32)28(15-26-20)14-16-5-7-17(8-6-16)21(30)18-9-11-19(25)12-10-18/h5-12,15H,3-4,13-14H2,1-2H3. The van der Waals surface area contributed by atoms with Crippen LogP contribution in [0, 0.1) is 0 Å². The maximum absolute atomic E-state index is 12.8. The van der Waals surface area contributed by atoms with Gasteiger partial charge in [0.25, 0.3) is 5.56 Å². The molecule has 0 spiro atoms. The molecule has 0 aliphatic carbocycles. The molecule has 0 aliphatic rings. The van der Waals surface area contributed by atoms with Gasteiger partial charge in [-0.1, -0.05) is 49.2 Å². The normalized spacial score (nSPS) is 11.2. The smallest absolute Gasteiger partial charge is 0.312 e. The predicted molar refractivity (Wildman–Crippen MR) is 125 cm³/mol. The fourth-order valence-electron chi connectivity index (χ4n) is 3.72. The van der Waals surface area contributed by atoms with E-state index in [1.54, 1.807) is 54.3 Å². The summed E-state index contributed by atoms with van der Waals surface area (Å²) in [5.41, 5.74) is 2.10. The summed E-state index contributed by atoms with van der Waals surface area (Å²) in [6.45, 7) is 2.81. The van der Waals surface area contributed by atoms with E-state index < -0.39 is 0 Å². The molecule has 0 saturated carbocycles. The number of unbranched alkanes of at least 4 members (excludes halogenated alkanes) is 1. The molecule has 0 aliphatic heterocycles. The van der Waals surface area contributed by atoms with Crippen molar-refractivity contribution in [3.63, 3.8) is 0 Å². The molecule has 32 heavy (non-hydrogen) atoms. The minimum Gasteiger partial charge on any atom is -0.312 e. The van der Waals surface area contributed by atoms with Gasteiger partial charge in [0, 0.05) is 29.7 Å². The fraction of sp³-hybridized carbons (Fsp3) is 0.250. The molecule has 2 aromatic heterocycles. The number of nitrogens with zero attached hydrogens (tertiary/aromatic N) is 4. The molecule has 4 rings (SSSR count). The van der Waals surface area contributed by atoms with E-state index >= 15 is 0 Å². The van der Waals surface area contributed by atoms with E-state index in [2.05, 4.69) is 4.98 Å². The molecule has 4 aromatic rings. The van der Waals surface area contributed by atoms with E-state index in [1.807, 2.05) is 19.1 Å². The van der Waals surface area contributed by atoms with Gasteiger partial charge in [0.15, 0.2) is 11.3 Å². The number of imidazole rings is 1. The van der Waals surface area contributed by atoms with Crippen LogP contribution in [0.2, 0.25) is 5.02 Å². The molecule has 2 heterocycles. The monoisotopic (exact) mass is 450 g/mol. The van der Waals surface area contributed by atoms with Crippen molar-refractivity contribution in [1.82, 2.24) is 18.7 Å². The first-order chi connectivity index (χ1) is 15.4. The van der Waals surface area contributed by atoms with Gasteiger partial charge < -0.3 is 4.57 Å². The number of ketones is 1. The number of rotatable bonds is 7. The summed E-state index contributed by atoms with van der Waals surface area (Å²) in [5, 5.41) is 0.580. The average molecular weight is 451 g/mol. The highest BCUT2D eigenvalue weighted by Crippen LogP contribution is 2.16. The Morgan fingerprint density at radius 1 is 1.00 bits per heavy atom. The lowest BCUT2D eigenvalue weighted by atomic mass is 10.0. The predicted octanol–water partition coefficient (Wildman–Crippen LogP) is 3.63. The lowest BCUT2D eigenvalue weighted by Crippen LogP contribution is -2.39. The van der Waals surface area contributed by atoms with Crippen molar-refractivity contribution in [3.05, 3.63) is 97.4 Å². The first-order valence-electron chi connectivity index (χ1n) is 10.4. The van der Waals surface area contributed by atoms with Crippen LogP contribution in [0.5, 0.6) is 0 Å². The quantitative estimate of drug-likeness (QED) is 0.403. The van der Waals surface area contributed by atoms with Gasteiger partial charge in [0.2, 0.25) is 0 Å². The van der Waals surface area contributed by atoms with Crippen molar-refractivity contribution in [2.45, 2.75) is 32.9 Å². The van der Waals surface area contributed by atoms with Crippen LogP contribution in [0.3, 0.4) is 0 Å². The molecular formula is C24H23ClN4O3. The van der Waals surface area contributed by atoms with E-state index in [1.165, 1.54) is 9.13 Å². The molecule has 0 atom stereocenters. The van der Waals surface area contributed by atoms with Gasteiger partial charge in [-0.2, -0.15) is 0 Å². The largest absolute Gasteiger partial charge is 0.332 e. The van der Waals surface area contributed by atoms with Crippen LogP contribution in [0.15, 0.2) is 64.4 Å². The molecule has 2 aromatic carbocycles. The number of benzene rings is 2. The van der Waals surface area contributed by atoms with Crippen molar-refractivity contribution in [1.29, 1.82) is 0 Å². The number of aryl methyl sites for hydroxylation is 1. The van der Waals surface area contributed by atoms with Crippen LogP contribution in [0.1, 0.15) is 41.3 Å². The zero-order chi connectivity index (χ0) is 22.8. The highest BCUT2D eigenvalue weighted by molar-refractivity contribution is 6.30. The van der Waals surface area contributed by atoms with Gasteiger partial charge in [-0.15, -0.1) is 0 Å². The molecule has 0 unspecified atom stereocenters. The SMILES string of the molecule is CCCCn1c(=O)c2ncn(Cc3ccc(C(=O)c4ccc(Cl)cc4)cc3)c2n(C)c1=O. The molecular weight excluding hydrogens is 428 g/mol. The van der Waals surface area contributed by atoms with E-state index in [9.17, 15) is 14.4 Å². The minimum atomic E-state index is -0.362. The zero-order valence-corrected chi connectivity index (χ0v) is 18.7. The Balaban J connectivity index is 1.62. The Morgan fingerprint density at radius 3 is 2.25 bits per heavy atom. The Hall–Kier alpha value is -3.45. The van der Waals surface area contributed by atoms with Crippen molar-refractivity contribution in [2.24, 2.45) is 7.05 Å². The third kappa shape index (κ3) is 4.03. The summed E-state index contributed by atoms with van der Waals surface area (Å²) in [6.07, 6.45) is 3.21. The highest BCUT2D eigenvalue weighted by atomic mass is 35.5. The second-order valence-electron chi connectivity index (χ2n) is 7.73. The topological polar surface area (TPSA) is 78.9 Å². The summed E-state index contributed by atoms with van der Waals surface area (Å²) in [7, 11) is 1.65. The number of fused-ring (bicyclic) bond motifs is 1. The first kappa shape index (κ1) is 21.8. The van der Waals surface area contributed by atoms with Crippen LogP contribution in [0.4, 0.5) is 0 Å². The average Bonchev–Trinajstić information content (AvgIpc) is 3.22. The second-order valence-corrected chi connectivity index (χ2v) is 8.17. The van der Waals surface area contributed by atoms with Crippen LogP contribution in [-0.4, -0.2) is 24.5 Å². The maximum atomic E-state index is 12.8. The molecule has 7 nitrogen and oxygen atoms in total. The molecule has 164 valence electrons. The third-order valence-corrected chi connectivity index (χ3v) is 5.76. The van der Waals surface area contributed by atoms with Gasteiger partial charge >= 0.3 is 5.69 Å². The van der Waals surface area contributed by atoms with Crippen LogP contribution in [0.25, 0.3) is 11.2 Å². The van der Waals surface area contributed by atoms with Gasteiger partial charge in [0.05, 0.1) is 12.9 Å². The number of halogens is 1. The highest BCUT2D eigenvalue weighted by Gasteiger charge is 2.16. The molecule has 0 amide bonds. The van der Waals surface area contributed by atoms with E-state index in [-0.39, 0.29) is 22.5 Å². The molecule has 0 radical (unpaired) electrons. The lowest BCUT2D eigenvalue weighted by molar-refractivity contribution is 0.103. The van der Waals surface area contributed by atoms with Crippen molar-refractivity contribution < 1.29 is 4.79 Å². The molecule has 8 heteroatoms. The summed E-state index contributed by atoms with van der Waals surface area (Å²) >= 11 is 5.89. The number of carbonyl (C=O) groups excluding carboxylic acids is 1. The summed E-state index contributed by atoms with van der Waals surface area (Å²) < 4.78 is 4.50. The number of aromatic nitrogens is 4. The molecule has 0 bridgehead atoms. The number of hydrogen-bond donors (Lipinski definition) is 0. The number of hydrogen-bond acceptors (Lipinski definition) is 4. The number of carbonyl (C=O) groups is 1. The fourth-order valence-corrected chi connectivity index (χ4v) is 3.85. The van der Waals surface area contributed by atoms with E-state index in [4.69, 9.17) is 11.6 Å². The van der Waals surface area contributed by atoms with E-state index in [0.29, 0.717) is 34.9 Å². The third-order valence-electron chi connectivity index (χ3n) is 5.50. The van der Waals surface area contributed by atoms with Crippen LogP contribution >= 0.6 is 11.6 Å². The summed E-state index contributed by atoms with van der Waals surface area (Å²) in [6, 6.07) is 14.0. The van der Waals surface area contributed by atoms with Crippen LogP contribution in [-0.2, 0) is 20.1 Å². The van der Waals surface area contributed by atoms with Gasteiger partial charge in [0.1, 0.15) is 5.65 Å². The minimum absolute atomic E-state index is 0.0867. The Kier molecular flexibility index (Phi) is 6.10. The second kappa shape index (κ2) is 8.96. The van der Waals surface area contributed by atoms with Gasteiger partial charge in [-0.25, -0.2) is 9.78 Å².